The molecule has 0 atom stereocenters. The van der Waals surface area contributed by atoms with Crippen LogP contribution in [0.4, 0.5) is 0 Å². The van der Waals surface area contributed by atoms with Gasteiger partial charge in [-0.2, -0.15) is 0 Å². The lowest BCUT2D eigenvalue weighted by Crippen LogP contribution is -2.31. The zero-order valence-corrected chi connectivity index (χ0v) is 15.1. The van der Waals surface area contributed by atoms with Gasteiger partial charge in [0.1, 0.15) is 0 Å². The number of nitrogens with one attached hydrogen (secondary N) is 1. The molecule has 0 aliphatic heterocycles. The summed E-state index contributed by atoms with van der Waals surface area (Å²) in [5.41, 5.74) is 0.477. The number of benzene rings is 1. The highest BCUT2D eigenvalue weighted by atomic mass is 16.6. The Morgan fingerprint density at radius 2 is 1.84 bits per heavy atom. The summed E-state index contributed by atoms with van der Waals surface area (Å²) in [7, 11) is 1.44. The van der Waals surface area contributed by atoms with Crippen molar-refractivity contribution in [2.45, 2.75) is 27.2 Å². The van der Waals surface area contributed by atoms with Crippen LogP contribution in [0.25, 0.3) is 0 Å². The molecule has 0 radical (unpaired) electrons. The van der Waals surface area contributed by atoms with Gasteiger partial charge in [0.15, 0.2) is 30.5 Å². The van der Waals surface area contributed by atoms with Gasteiger partial charge in [-0.05, 0) is 37.5 Å². The first kappa shape index (κ1) is 20.5. The molecular formula is C18H25NO6. The second-order valence-electron chi connectivity index (χ2n) is 5.90. The summed E-state index contributed by atoms with van der Waals surface area (Å²) in [5, 5.41) is 2.67. The molecule has 1 amide bonds. The predicted octanol–water partition coefficient (Wildman–Crippen LogP) is 1.98. The van der Waals surface area contributed by atoms with E-state index in [1.165, 1.54) is 20.1 Å². The molecule has 0 saturated heterocycles. The molecule has 0 aromatic heterocycles. The van der Waals surface area contributed by atoms with Gasteiger partial charge in [-0.1, -0.05) is 13.8 Å². The Balaban J connectivity index is 2.41. The molecule has 25 heavy (non-hydrogen) atoms. The predicted molar refractivity (Wildman–Crippen MR) is 91.9 cm³/mol. The van der Waals surface area contributed by atoms with E-state index in [4.69, 9.17) is 14.2 Å². The van der Waals surface area contributed by atoms with Crippen molar-refractivity contribution >= 4 is 17.7 Å². The highest BCUT2D eigenvalue weighted by molar-refractivity contribution is 5.94. The van der Waals surface area contributed by atoms with Crippen LogP contribution in [0.2, 0.25) is 0 Å². The van der Waals surface area contributed by atoms with Gasteiger partial charge in [-0.25, -0.2) is 4.79 Å². The second-order valence-corrected chi connectivity index (χ2v) is 5.90. The second kappa shape index (κ2) is 10.3. The van der Waals surface area contributed by atoms with Gasteiger partial charge in [0.2, 0.25) is 0 Å². The minimum Gasteiger partial charge on any atom is -0.493 e. The third-order valence-corrected chi connectivity index (χ3v) is 3.32. The van der Waals surface area contributed by atoms with Crippen molar-refractivity contribution in [3.8, 4) is 11.5 Å². The van der Waals surface area contributed by atoms with Crippen LogP contribution >= 0.6 is 0 Å². The van der Waals surface area contributed by atoms with Crippen LogP contribution in [0.5, 0.6) is 11.5 Å². The van der Waals surface area contributed by atoms with Crippen LogP contribution in [0.15, 0.2) is 18.2 Å². The molecule has 0 aliphatic rings. The number of amides is 1. The van der Waals surface area contributed by atoms with Gasteiger partial charge in [-0.3, -0.25) is 9.59 Å². The first-order chi connectivity index (χ1) is 11.8. The molecule has 1 N–H and O–H groups in total. The molecule has 1 aromatic carbocycles. The van der Waals surface area contributed by atoms with E-state index >= 15 is 0 Å². The van der Waals surface area contributed by atoms with Crippen molar-refractivity contribution in [1.82, 2.24) is 5.32 Å². The fraction of sp³-hybridized carbons (Fsp3) is 0.500. The standard InChI is InChI=1S/C18H25NO6/c1-12(2)7-8-19-17(21)10-25-18(22)11-24-15-6-5-14(13(3)20)9-16(15)23-4/h5-6,9,12H,7-8,10-11H2,1-4H3,(H,19,21). The number of methoxy groups -OCH3 is 1. The van der Waals surface area contributed by atoms with Crippen LogP contribution in [0, 0.1) is 5.92 Å². The van der Waals surface area contributed by atoms with Crippen molar-refractivity contribution in [2.24, 2.45) is 5.92 Å². The summed E-state index contributed by atoms with van der Waals surface area (Å²) in [6, 6.07) is 4.65. The Morgan fingerprint density at radius 1 is 1.12 bits per heavy atom. The third kappa shape index (κ3) is 7.69. The Morgan fingerprint density at radius 3 is 2.44 bits per heavy atom. The molecule has 1 aromatic rings. The maximum Gasteiger partial charge on any atom is 0.344 e. The summed E-state index contributed by atoms with van der Waals surface area (Å²) in [4.78, 5) is 34.5. The lowest BCUT2D eigenvalue weighted by atomic mass is 10.1. The van der Waals surface area contributed by atoms with E-state index in [1.807, 2.05) is 0 Å². The van der Waals surface area contributed by atoms with E-state index in [2.05, 4.69) is 19.2 Å². The Hall–Kier alpha value is -2.57. The van der Waals surface area contributed by atoms with E-state index < -0.39 is 5.97 Å². The normalized spacial score (nSPS) is 10.3. The molecule has 0 heterocycles. The lowest BCUT2D eigenvalue weighted by Gasteiger charge is -2.11. The average Bonchev–Trinajstić information content (AvgIpc) is 2.57. The first-order valence-corrected chi connectivity index (χ1v) is 8.07. The Bertz CT molecular complexity index is 612. The number of hydrogen-bond acceptors (Lipinski definition) is 6. The van der Waals surface area contributed by atoms with Crippen molar-refractivity contribution in [2.75, 3.05) is 26.9 Å². The summed E-state index contributed by atoms with van der Waals surface area (Å²) >= 11 is 0. The molecular weight excluding hydrogens is 326 g/mol. The van der Waals surface area contributed by atoms with Crippen molar-refractivity contribution < 1.29 is 28.6 Å². The van der Waals surface area contributed by atoms with E-state index in [0.29, 0.717) is 29.5 Å². The van der Waals surface area contributed by atoms with E-state index in [1.54, 1.807) is 12.1 Å². The molecule has 7 nitrogen and oxygen atoms in total. The average molecular weight is 351 g/mol. The van der Waals surface area contributed by atoms with Crippen LogP contribution in [0.1, 0.15) is 37.6 Å². The minimum absolute atomic E-state index is 0.104. The maximum atomic E-state index is 11.7. The van der Waals surface area contributed by atoms with Crippen LogP contribution in [-0.2, 0) is 14.3 Å². The number of carbonyl (C=O) groups is 3. The maximum absolute atomic E-state index is 11.7. The molecule has 0 spiro atoms. The largest absolute Gasteiger partial charge is 0.493 e. The number of carbonyl (C=O) groups excluding carboxylic acids is 3. The molecule has 0 unspecified atom stereocenters. The van der Waals surface area contributed by atoms with E-state index in [9.17, 15) is 14.4 Å². The summed E-state index contributed by atoms with van der Waals surface area (Å²) in [5.74, 6) is 0.0141. The van der Waals surface area contributed by atoms with Gasteiger partial charge in [0, 0.05) is 12.1 Å². The fourth-order valence-corrected chi connectivity index (χ4v) is 1.88. The zero-order valence-electron chi connectivity index (χ0n) is 15.1. The van der Waals surface area contributed by atoms with Crippen molar-refractivity contribution in [1.29, 1.82) is 0 Å². The van der Waals surface area contributed by atoms with Crippen LogP contribution < -0.4 is 14.8 Å². The van der Waals surface area contributed by atoms with E-state index in [0.717, 1.165) is 6.42 Å². The first-order valence-electron chi connectivity index (χ1n) is 8.07. The number of ketones is 1. The number of rotatable bonds is 10. The van der Waals surface area contributed by atoms with Gasteiger partial charge < -0.3 is 19.5 Å². The minimum atomic E-state index is -0.670. The number of Topliss-reactive ketones (excluding diaryl/α,β-unsaturated/α-hetero) is 1. The summed E-state index contributed by atoms with van der Waals surface area (Å²) in [6.07, 6.45) is 0.860. The molecule has 7 heteroatoms. The molecule has 0 fully saturated rings. The highest BCUT2D eigenvalue weighted by Gasteiger charge is 2.12. The monoisotopic (exact) mass is 351 g/mol. The smallest absolute Gasteiger partial charge is 0.344 e. The van der Waals surface area contributed by atoms with Crippen molar-refractivity contribution in [3.63, 3.8) is 0 Å². The quantitative estimate of drug-likeness (QED) is 0.512. The molecule has 0 saturated carbocycles. The topological polar surface area (TPSA) is 90.9 Å². The fourth-order valence-electron chi connectivity index (χ4n) is 1.88. The highest BCUT2D eigenvalue weighted by Crippen LogP contribution is 2.28. The zero-order chi connectivity index (χ0) is 18.8. The van der Waals surface area contributed by atoms with Crippen LogP contribution in [0.3, 0.4) is 0 Å². The van der Waals surface area contributed by atoms with E-state index in [-0.39, 0.29) is 24.9 Å². The summed E-state index contributed by atoms with van der Waals surface area (Å²) in [6.45, 7) is 5.39. The molecule has 0 aliphatic carbocycles. The van der Waals surface area contributed by atoms with Crippen molar-refractivity contribution in [3.05, 3.63) is 23.8 Å². The number of hydrogen-bond donors (Lipinski definition) is 1. The molecule has 0 bridgehead atoms. The lowest BCUT2D eigenvalue weighted by molar-refractivity contribution is -0.150. The van der Waals surface area contributed by atoms with Gasteiger partial charge in [0.05, 0.1) is 7.11 Å². The number of esters is 1. The van der Waals surface area contributed by atoms with Crippen LogP contribution in [-0.4, -0.2) is 44.5 Å². The molecule has 138 valence electrons. The summed E-state index contributed by atoms with van der Waals surface area (Å²) < 4.78 is 15.3. The van der Waals surface area contributed by atoms with Gasteiger partial charge in [0.25, 0.3) is 5.91 Å². The molecule has 1 rings (SSSR count). The van der Waals surface area contributed by atoms with Gasteiger partial charge >= 0.3 is 5.97 Å². The third-order valence-electron chi connectivity index (χ3n) is 3.32. The Labute approximate surface area is 147 Å². The van der Waals surface area contributed by atoms with Gasteiger partial charge in [-0.15, -0.1) is 0 Å². The number of ether oxygens (including phenoxy) is 3. The SMILES string of the molecule is COc1cc(C(C)=O)ccc1OCC(=O)OCC(=O)NCCC(C)C. The Kier molecular flexibility index (Phi) is 8.46.